The standard InChI is InChI=1S/C23H24ClN3O5/c1-12-9-14-11-30-23(3,4)15(14)10-17(12)32-18-8-7-16(31-18)13(2)25-19-20(28-5)26-22(24)27-21(19)29-6/h7-10,25H,2,11H2,1,3-6H3. The predicted octanol–water partition coefficient (Wildman–Crippen LogP) is 5.69. The number of ether oxygens (including phenoxy) is 4. The van der Waals surface area contributed by atoms with E-state index in [0.29, 0.717) is 35.4 Å². The molecule has 8 nitrogen and oxygen atoms in total. The zero-order valence-corrected chi connectivity index (χ0v) is 19.3. The van der Waals surface area contributed by atoms with Crippen LogP contribution in [0.15, 0.2) is 35.3 Å². The molecule has 3 aromatic rings. The Labute approximate surface area is 191 Å². The second kappa shape index (κ2) is 8.37. The van der Waals surface area contributed by atoms with Crippen LogP contribution < -0.4 is 19.5 Å². The largest absolute Gasteiger partial charge is 0.479 e. The van der Waals surface area contributed by atoms with Gasteiger partial charge in [-0.3, -0.25) is 0 Å². The third kappa shape index (κ3) is 4.11. The fraction of sp³-hybridized carbons (Fsp3) is 0.304. The summed E-state index contributed by atoms with van der Waals surface area (Å²) in [4.78, 5) is 8.08. The molecule has 1 aromatic carbocycles. The van der Waals surface area contributed by atoms with Gasteiger partial charge < -0.3 is 28.7 Å². The zero-order valence-electron chi connectivity index (χ0n) is 18.5. The maximum atomic E-state index is 6.03. The highest BCUT2D eigenvalue weighted by atomic mass is 35.5. The highest BCUT2D eigenvalue weighted by Gasteiger charge is 2.32. The van der Waals surface area contributed by atoms with E-state index in [-0.39, 0.29) is 22.6 Å². The molecule has 2 aromatic heterocycles. The van der Waals surface area contributed by atoms with Gasteiger partial charge in [-0.1, -0.05) is 6.58 Å². The van der Waals surface area contributed by atoms with E-state index < -0.39 is 0 Å². The van der Waals surface area contributed by atoms with Crippen LogP contribution in [0.2, 0.25) is 5.28 Å². The number of hydrogen-bond donors (Lipinski definition) is 1. The Hall–Kier alpha value is -3.23. The molecule has 1 aliphatic rings. The molecule has 1 N–H and O–H groups in total. The summed E-state index contributed by atoms with van der Waals surface area (Å²) in [5, 5.41) is 3.07. The smallest absolute Gasteiger partial charge is 0.290 e. The molecule has 0 saturated heterocycles. The van der Waals surface area contributed by atoms with Crippen LogP contribution in [-0.4, -0.2) is 24.2 Å². The average molecular weight is 458 g/mol. The molecule has 3 heterocycles. The van der Waals surface area contributed by atoms with Crippen LogP contribution in [0.5, 0.6) is 23.5 Å². The average Bonchev–Trinajstić information content (AvgIpc) is 3.33. The lowest BCUT2D eigenvalue weighted by atomic mass is 9.94. The number of aromatic nitrogens is 2. The number of benzene rings is 1. The predicted molar refractivity (Wildman–Crippen MR) is 121 cm³/mol. The van der Waals surface area contributed by atoms with E-state index >= 15 is 0 Å². The molecular weight excluding hydrogens is 434 g/mol. The summed E-state index contributed by atoms with van der Waals surface area (Å²) in [6.07, 6.45) is 0. The summed E-state index contributed by atoms with van der Waals surface area (Å²) < 4.78 is 28.3. The number of furan rings is 1. The lowest BCUT2D eigenvalue weighted by Crippen LogP contribution is -2.14. The Balaban J connectivity index is 1.55. The number of nitrogens with zero attached hydrogens (tertiary/aromatic N) is 2. The quantitative estimate of drug-likeness (QED) is 0.453. The van der Waals surface area contributed by atoms with Gasteiger partial charge in [-0.05, 0) is 67.3 Å². The Morgan fingerprint density at radius 2 is 1.84 bits per heavy atom. The summed E-state index contributed by atoms with van der Waals surface area (Å²) in [5.74, 6) is 1.92. The topological polar surface area (TPSA) is 87.9 Å². The lowest BCUT2D eigenvalue weighted by Gasteiger charge is -2.19. The summed E-state index contributed by atoms with van der Waals surface area (Å²) in [5.41, 5.74) is 3.73. The van der Waals surface area contributed by atoms with Crippen molar-refractivity contribution in [1.29, 1.82) is 0 Å². The molecule has 0 atom stereocenters. The zero-order chi connectivity index (χ0) is 23.0. The van der Waals surface area contributed by atoms with Crippen molar-refractivity contribution in [2.75, 3.05) is 19.5 Å². The van der Waals surface area contributed by atoms with Gasteiger partial charge in [0.2, 0.25) is 17.0 Å². The van der Waals surface area contributed by atoms with E-state index in [1.807, 2.05) is 26.8 Å². The van der Waals surface area contributed by atoms with Gasteiger partial charge in [-0.2, -0.15) is 9.97 Å². The first-order valence-electron chi connectivity index (χ1n) is 9.89. The second-order valence-corrected chi connectivity index (χ2v) is 8.12. The minimum atomic E-state index is -0.355. The summed E-state index contributed by atoms with van der Waals surface area (Å²) >= 11 is 5.90. The molecule has 0 bridgehead atoms. The van der Waals surface area contributed by atoms with Gasteiger partial charge in [0.15, 0.2) is 11.4 Å². The highest BCUT2D eigenvalue weighted by Crippen LogP contribution is 2.41. The number of nitrogens with one attached hydrogen (secondary N) is 1. The Morgan fingerprint density at radius 3 is 2.50 bits per heavy atom. The van der Waals surface area contributed by atoms with Crippen molar-refractivity contribution in [2.24, 2.45) is 0 Å². The van der Waals surface area contributed by atoms with E-state index in [4.69, 9.17) is 35.0 Å². The molecular formula is C23H24ClN3O5. The first-order valence-corrected chi connectivity index (χ1v) is 10.3. The summed E-state index contributed by atoms with van der Waals surface area (Å²) in [6.45, 7) is 10.7. The van der Waals surface area contributed by atoms with Crippen LogP contribution in [0.1, 0.15) is 36.3 Å². The number of aryl methyl sites for hydroxylation is 1. The van der Waals surface area contributed by atoms with Gasteiger partial charge in [-0.15, -0.1) is 0 Å². The van der Waals surface area contributed by atoms with Crippen molar-refractivity contribution in [1.82, 2.24) is 9.97 Å². The molecule has 0 spiro atoms. The molecule has 0 saturated carbocycles. The monoisotopic (exact) mass is 457 g/mol. The lowest BCUT2D eigenvalue weighted by molar-refractivity contribution is -0.00795. The van der Waals surface area contributed by atoms with Crippen molar-refractivity contribution in [3.05, 3.63) is 58.6 Å². The number of hydrogen-bond acceptors (Lipinski definition) is 8. The van der Waals surface area contributed by atoms with Crippen LogP contribution in [0, 0.1) is 6.92 Å². The molecule has 0 unspecified atom stereocenters. The molecule has 32 heavy (non-hydrogen) atoms. The Morgan fingerprint density at radius 1 is 1.16 bits per heavy atom. The van der Waals surface area contributed by atoms with Gasteiger partial charge in [0.05, 0.1) is 32.1 Å². The molecule has 0 aliphatic carbocycles. The van der Waals surface area contributed by atoms with Crippen LogP contribution >= 0.6 is 11.6 Å². The minimum absolute atomic E-state index is 0.00170. The van der Waals surface area contributed by atoms with Crippen molar-refractivity contribution in [3.8, 4) is 23.5 Å². The van der Waals surface area contributed by atoms with E-state index in [1.54, 1.807) is 12.1 Å². The van der Waals surface area contributed by atoms with Crippen molar-refractivity contribution in [3.63, 3.8) is 0 Å². The van der Waals surface area contributed by atoms with E-state index in [0.717, 1.165) is 11.1 Å². The molecule has 0 amide bonds. The van der Waals surface area contributed by atoms with E-state index in [9.17, 15) is 0 Å². The number of halogens is 1. The Kier molecular flexibility index (Phi) is 5.75. The third-order valence-corrected chi connectivity index (χ3v) is 5.37. The third-order valence-electron chi connectivity index (χ3n) is 5.21. The van der Waals surface area contributed by atoms with E-state index in [1.165, 1.54) is 19.8 Å². The van der Waals surface area contributed by atoms with Gasteiger partial charge in [-0.25, -0.2) is 0 Å². The fourth-order valence-electron chi connectivity index (χ4n) is 3.53. The molecule has 0 radical (unpaired) electrons. The second-order valence-electron chi connectivity index (χ2n) is 7.78. The number of anilines is 1. The fourth-order valence-corrected chi connectivity index (χ4v) is 3.68. The van der Waals surface area contributed by atoms with Gasteiger partial charge in [0.25, 0.3) is 5.95 Å². The SMILES string of the molecule is C=C(Nc1c(OC)nc(Cl)nc1OC)c1ccc(Oc2cc3c(cc2C)COC3(C)C)o1. The first kappa shape index (κ1) is 22.0. The summed E-state index contributed by atoms with van der Waals surface area (Å²) in [6, 6.07) is 7.57. The highest BCUT2D eigenvalue weighted by molar-refractivity contribution is 6.28. The van der Waals surface area contributed by atoms with Crippen LogP contribution in [0.3, 0.4) is 0 Å². The molecule has 0 fully saturated rings. The molecule has 168 valence electrons. The maximum absolute atomic E-state index is 6.03. The van der Waals surface area contributed by atoms with Crippen molar-refractivity contribution < 1.29 is 23.4 Å². The maximum Gasteiger partial charge on any atom is 0.290 e. The normalized spacial score (nSPS) is 14.1. The van der Waals surface area contributed by atoms with Gasteiger partial charge in [0.1, 0.15) is 5.75 Å². The van der Waals surface area contributed by atoms with Crippen molar-refractivity contribution >= 4 is 23.0 Å². The molecule has 4 rings (SSSR count). The van der Waals surface area contributed by atoms with Crippen LogP contribution in [-0.2, 0) is 16.9 Å². The van der Waals surface area contributed by atoms with Crippen LogP contribution in [0.4, 0.5) is 5.69 Å². The number of methoxy groups -OCH3 is 2. The number of fused-ring (bicyclic) bond motifs is 1. The minimum Gasteiger partial charge on any atom is -0.479 e. The van der Waals surface area contributed by atoms with E-state index in [2.05, 4.69) is 27.9 Å². The van der Waals surface area contributed by atoms with Gasteiger partial charge in [0, 0.05) is 6.07 Å². The molecule has 9 heteroatoms. The summed E-state index contributed by atoms with van der Waals surface area (Å²) in [7, 11) is 2.94. The molecule has 1 aliphatic heterocycles. The van der Waals surface area contributed by atoms with Gasteiger partial charge >= 0.3 is 0 Å². The van der Waals surface area contributed by atoms with Crippen LogP contribution in [0.25, 0.3) is 5.70 Å². The number of rotatable bonds is 7. The first-order chi connectivity index (χ1) is 15.2. The Bertz CT molecular complexity index is 1160. The van der Waals surface area contributed by atoms with Crippen molar-refractivity contribution in [2.45, 2.75) is 33.0 Å².